The summed E-state index contributed by atoms with van der Waals surface area (Å²) < 4.78 is 0. The maximum Gasteiger partial charge on any atom is 0.170 e. The first-order valence-corrected chi connectivity index (χ1v) is 4.88. The molecule has 76 valence electrons. The molecule has 0 spiro atoms. The van der Waals surface area contributed by atoms with Crippen molar-refractivity contribution in [3.63, 3.8) is 0 Å². The highest BCUT2D eigenvalue weighted by Gasteiger charge is 2.56. The molecule has 0 heterocycles. The summed E-state index contributed by atoms with van der Waals surface area (Å²) in [5.41, 5.74) is -1.81. The molecule has 2 heteroatoms. The Bertz CT molecular complexity index is 235. The molecule has 1 rings (SSSR count). The van der Waals surface area contributed by atoms with E-state index in [9.17, 15) is 9.90 Å². The van der Waals surface area contributed by atoms with Crippen molar-refractivity contribution >= 4 is 5.78 Å². The summed E-state index contributed by atoms with van der Waals surface area (Å²) in [6, 6.07) is 0. The highest BCUT2D eigenvalue weighted by Crippen LogP contribution is 2.48. The van der Waals surface area contributed by atoms with E-state index in [0.29, 0.717) is 6.42 Å². The van der Waals surface area contributed by atoms with E-state index in [0.717, 1.165) is 6.42 Å². The van der Waals surface area contributed by atoms with Gasteiger partial charge in [-0.25, -0.2) is 0 Å². The largest absolute Gasteiger partial charge is 0.382 e. The maximum absolute atomic E-state index is 11.9. The minimum Gasteiger partial charge on any atom is -0.382 e. The van der Waals surface area contributed by atoms with Crippen LogP contribution in [0.25, 0.3) is 0 Å². The van der Waals surface area contributed by atoms with Crippen molar-refractivity contribution in [3.05, 3.63) is 0 Å². The van der Waals surface area contributed by atoms with Crippen LogP contribution in [-0.4, -0.2) is 16.5 Å². The molecule has 0 radical (unpaired) electrons. The molecular weight excluding hydrogens is 164 g/mol. The molecule has 0 aromatic heterocycles. The summed E-state index contributed by atoms with van der Waals surface area (Å²) in [7, 11) is 0. The SMILES string of the molecule is CC1(C)CC[C@@](O)(C(C)(C)C)C1=O. The van der Waals surface area contributed by atoms with Crippen LogP contribution in [0.1, 0.15) is 47.5 Å². The quantitative estimate of drug-likeness (QED) is 0.626. The topological polar surface area (TPSA) is 37.3 Å². The Morgan fingerprint density at radius 3 is 1.85 bits per heavy atom. The number of aliphatic hydroxyl groups is 1. The lowest BCUT2D eigenvalue weighted by atomic mass is 9.72. The number of rotatable bonds is 0. The van der Waals surface area contributed by atoms with E-state index >= 15 is 0 Å². The normalized spacial score (nSPS) is 33.8. The van der Waals surface area contributed by atoms with Crippen LogP contribution in [0.3, 0.4) is 0 Å². The second kappa shape index (κ2) is 2.57. The summed E-state index contributed by atoms with van der Waals surface area (Å²) in [5, 5.41) is 10.3. The van der Waals surface area contributed by atoms with Gasteiger partial charge in [0.1, 0.15) is 5.60 Å². The Kier molecular flexibility index (Phi) is 2.11. The zero-order chi connectivity index (χ0) is 10.5. The molecule has 0 unspecified atom stereocenters. The van der Waals surface area contributed by atoms with E-state index in [-0.39, 0.29) is 16.6 Å². The number of ketones is 1. The van der Waals surface area contributed by atoms with Crippen LogP contribution in [0.5, 0.6) is 0 Å². The first kappa shape index (κ1) is 10.7. The van der Waals surface area contributed by atoms with Crippen molar-refractivity contribution < 1.29 is 9.90 Å². The van der Waals surface area contributed by atoms with Gasteiger partial charge < -0.3 is 5.11 Å². The summed E-state index contributed by atoms with van der Waals surface area (Å²) in [5.74, 6) is 0.00694. The van der Waals surface area contributed by atoms with Gasteiger partial charge in [0.25, 0.3) is 0 Å². The van der Waals surface area contributed by atoms with Gasteiger partial charge in [0.2, 0.25) is 0 Å². The number of Topliss-reactive ketones (excluding diaryl/α,β-unsaturated/α-hetero) is 1. The zero-order valence-electron chi connectivity index (χ0n) is 9.27. The molecule has 0 bridgehead atoms. The van der Waals surface area contributed by atoms with Gasteiger partial charge in [0.15, 0.2) is 5.78 Å². The Morgan fingerprint density at radius 2 is 1.69 bits per heavy atom. The van der Waals surface area contributed by atoms with Gasteiger partial charge >= 0.3 is 0 Å². The Morgan fingerprint density at radius 1 is 1.23 bits per heavy atom. The van der Waals surface area contributed by atoms with E-state index in [1.54, 1.807) is 0 Å². The molecular formula is C11H20O2. The standard InChI is InChI=1S/C11H20O2/c1-9(2,3)11(13)7-6-10(4,5)8(11)12/h13H,6-7H2,1-5H3/t11-/m0/s1. The van der Waals surface area contributed by atoms with Gasteiger partial charge in [-0.05, 0) is 18.3 Å². The maximum atomic E-state index is 11.9. The summed E-state index contributed by atoms with van der Waals surface area (Å²) in [6.45, 7) is 9.60. The number of hydrogen-bond donors (Lipinski definition) is 1. The number of carbonyl (C=O) groups excluding carboxylic acids is 1. The lowest BCUT2D eigenvalue weighted by Gasteiger charge is -2.36. The Hall–Kier alpha value is -0.370. The van der Waals surface area contributed by atoms with Crippen molar-refractivity contribution in [2.45, 2.75) is 53.1 Å². The number of hydrogen-bond acceptors (Lipinski definition) is 2. The van der Waals surface area contributed by atoms with Crippen molar-refractivity contribution in [1.82, 2.24) is 0 Å². The third kappa shape index (κ3) is 1.41. The summed E-state index contributed by atoms with van der Waals surface area (Å²) in [4.78, 5) is 11.9. The van der Waals surface area contributed by atoms with Crippen molar-refractivity contribution in [2.24, 2.45) is 10.8 Å². The predicted octanol–water partition coefficient (Wildman–Crippen LogP) is 2.15. The average Bonchev–Trinajstić information content (AvgIpc) is 2.14. The van der Waals surface area contributed by atoms with Gasteiger partial charge in [-0.3, -0.25) is 4.79 Å². The lowest BCUT2D eigenvalue weighted by Crippen LogP contribution is -2.49. The molecule has 0 aromatic carbocycles. The van der Waals surface area contributed by atoms with E-state index in [1.165, 1.54) is 0 Å². The van der Waals surface area contributed by atoms with Crippen molar-refractivity contribution in [3.8, 4) is 0 Å². The molecule has 0 aromatic rings. The average molecular weight is 184 g/mol. The van der Waals surface area contributed by atoms with E-state index in [2.05, 4.69) is 0 Å². The van der Waals surface area contributed by atoms with Gasteiger partial charge in [-0.15, -0.1) is 0 Å². The zero-order valence-corrected chi connectivity index (χ0v) is 9.27. The van der Waals surface area contributed by atoms with Gasteiger partial charge in [0.05, 0.1) is 0 Å². The first-order valence-electron chi connectivity index (χ1n) is 4.88. The molecule has 0 saturated heterocycles. The van der Waals surface area contributed by atoms with Gasteiger partial charge in [-0.2, -0.15) is 0 Å². The first-order chi connectivity index (χ1) is 5.61. The summed E-state index contributed by atoms with van der Waals surface area (Å²) >= 11 is 0. The second-order valence-electron chi connectivity index (χ2n) is 5.82. The van der Waals surface area contributed by atoms with Crippen LogP contribution in [0.15, 0.2) is 0 Å². The molecule has 0 aliphatic heterocycles. The third-order valence-corrected chi connectivity index (χ3v) is 3.34. The third-order valence-electron chi connectivity index (χ3n) is 3.34. The molecule has 13 heavy (non-hydrogen) atoms. The number of carbonyl (C=O) groups is 1. The van der Waals surface area contributed by atoms with Crippen LogP contribution >= 0.6 is 0 Å². The minimum absolute atomic E-state index is 0.00694. The smallest absolute Gasteiger partial charge is 0.170 e. The highest BCUT2D eigenvalue weighted by atomic mass is 16.3. The molecule has 2 nitrogen and oxygen atoms in total. The summed E-state index contributed by atoms with van der Waals surface area (Å²) in [6.07, 6.45) is 1.39. The van der Waals surface area contributed by atoms with Crippen molar-refractivity contribution in [1.29, 1.82) is 0 Å². The Balaban J connectivity index is 3.05. The van der Waals surface area contributed by atoms with Crippen LogP contribution in [-0.2, 0) is 4.79 Å². The van der Waals surface area contributed by atoms with Crippen molar-refractivity contribution in [2.75, 3.05) is 0 Å². The van der Waals surface area contributed by atoms with Crippen LogP contribution in [0, 0.1) is 10.8 Å². The highest BCUT2D eigenvalue weighted by molar-refractivity contribution is 5.94. The molecule has 1 atom stereocenters. The van der Waals surface area contributed by atoms with Crippen LogP contribution in [0.4, 0.5) is 0 Å². The van der Waals surface area contributed by atoms with E-state index in [1.807, 2.05) is 34.6 Å². The lowest BCUT2D eigenvalue weighted by molar-refractivity contribution is -0.150. The molecule has 1 saturated carbocycles. The van der Waals surface area contributed by atoms with Gasteiger partial charge in [0, 0.05) is 5.41 Å². The molecule has 1 N–H and O–H groups in total. The molecule has 1 aliphatic carbocycles. The van der Waals surface area contributed by atoms with Crippen LogP contribution < -0.4 is 0 Å². The van der Waals surface area contributed by atoms with Crippen LogP contribution in [0.2, 0.25) is 0 Å². The minimum atomic E-state index is -1.11. The fraction of sp³-hybridized carbons (Fsp3) is 0.909. The van der Waals surface area contributed by atoms with Gasteiger partial charge in [-0.1, -0.05) is 34.6 Å². The fourth-order valence-electron chi connectivity index (χ4n) is 2.00. The monoisotopic (exact) mass is 184 g/mol. The molecule has 1 aliphatic rings. The Labute approximate surface area is 80.3 Å². The van der Waals surface area contributed by atoms with E-state index in [4.69, 9.17) is 0 Å². The predicted molar refractivity (Wildman–Crippen MR) is 52.4 cm³/mol. The molecule has 0 amide bonds. The fourth-order valence-corrected chi connectivity index (χ4v) is 2.00. The van der Waals surface area contributed by atoms with E-state index < -0.39 is 5.60 Å². The molecule has 1 fully saturated rings. The second-order valence-corrected chi connectivity index (χ2v) is 5.82.